The Bertz CT molecular complexity index is 958. The largest absolute Gasteiger partial charge is 0.456 e. The summed E-state index contributed by atoms with van der Waals surface area (Å²) < 4.78 is 56.3. The number of ketones is 1. The van der Waals surface area contributed by atoms with Gasteiger partial charge in [0.15, 0.2) is 24.0 Å². The van der Waals surface area contributed by atoms with Crippen LogP contribution >= 0.6 is 0 Å². The van der Waals surface area contributed by atoms with Crippen molar-refractivity contribution in [3.63, 3.8) is 0 Å². The molecule has 0 saturated carbocycles. The van der Waals surface area contributed by atoms with E-state index in [0.29, 0.717) is 6.07 Å². The van der Waals surface area contributed by atoms with E-state index >= 15 is 0 Å². The van der Waals surface area contributed by atoms with Crippen LogP contribution in [-0.4, -0.2) is 44.7 Å². The van der Waals surface area contributed by atoms with Crippen LogP contribution in [0.1, 0.15) is 15.9 Å². The SMILES string of the molecule is Cc1ccc(S(=O)(=O)N(C)CC(=O)OCC(=O)c2ccc(F)c(F)c2)cc1. The Morgan fingerprint density at radius 2 is 1.67 bits per heavy atom. The van der Waals surface area contributed by atoms with Gasteiger partial charge in [-0.25, -0.2) is 17.2 Å². The van der Waals surface area contributed by atoms with Gasteiger partial charge in [-0.1, -0.05) is 17.7 Å². The molecular formula is C18H17F2NO5S. The Morgan fingerprint density at radius 3 is 2.26 bits per heavy atom. The molecule has 0 spiro atoms. The summed E-state index contributed by atoms with van der Waals surface area (Å²) in [4.78, 5) is 23.7. The first-order chi connectivity index (χ1) is 12.6. The van der Waals surface area contributed by atoms with Crippen molar-refractivity contribution in [1.82, 2.24) is 4.31 Å². The standard InChI is InChI=1S/C18H17F2NO5S/c1-12-3-6-14(7-4-12)27(24,25)21(2)10-18(23)26-11-17(22)13-5-8-15(19)16(20)9-13/h3-9H,10-11H2,1-2H3. The minimum atomic E-state index is -3.90. The number of ether oxygens (including phenoxy) is 1. The van der Waals surface area contributed by atoms with Gasteiger partial charge in [-0.3, -0.25) is 9.59 Å². The Balaban J connectivity index is 1.95. The number of rotatable bonds is 7. The van der Waals surface area contributed by atoms with Crippen LogP contribution in [-0.2, 0) is 19.6 Å². The smallest absolute Gasteiger partial charge is 0.321 e. The summed E-state index contributed by atoms with van der Waals surface area (Å²) in [5, 5.41) is 0. The molecule has 0 saturated heterocycles. The van der Waals surface area contributed by atoms with Crippen LogP contribution in [0.2, 0.25) is 0 Å². The lowest BCUT2D eigenvalue weighted by Crippen LogP contribution is -2.33. The fourth-order valence-corrected chi connectivity index (χ4v) is 3.22. The number of likely N-dealkylation sites (N-methyl/N-ethyl adjacent to an activating group) is 1. The monoisotopic (exact) mass is 397 g/mol. The highest BCUT2D eigenvalue weighted by Gasteiger charge is 2.24. The second-order valence-corrected chi connectivity index (χ2v) is 7.83. The van der Waals surface area contributed by atoms with E-state index in [1.807, 2.05) is 6.92 Å². The third-order valence-electron chi connectivity index (χ3n) is 3.69. The first-order valence-electron chi connectivity index (χ1n) is 7.78. The first-order valence-corrected chi connectivity index (χ1v) is 9.22. The molecule has 0 N–H and O–H groups in total. The van der Waals surface area contributed by atoms with Crippen LogP contribution in [0, 0.1) is 18.6 Å². The predicted octanol–water partition coefficient (Wildman–Crippen LogP) is 2.32. The molecular weight excluding hydrogens is 380 g/mol. The molecule has 2 aromatic carbocycles. The summed E-state index contributed by atoms with van der Waals surface area (Å²) in [6, 6.07) is 8.62. The summed E-state index contributed by atoms with van der Waals surface area (Å²) in [7, 11) is -2.69. The molecule has 0 unspecified atom stereocenters. The summed E-state index contributed by atoms with van der Waals surface area (Å²) in [5.74, 6) is -4.00. The maximum Gasteiger partial charge on any atom is 0.321 e. The van der Waals surface area contributed by atoms with Crippen LogP contribution in [0.15, 0.2) is 47.4 Å². The third kappa shape index (κ3) is 5.18. The number of carbonyl (C=O) groups is 2. The van der Waals surface area contributed by atoms with E-state index in [1.165, 1.54) is 19.2 Å². The van der Waals surface area contributed by atoms with Gasteiger partial charge in [0.05, 0.1) is 4.90 Å². The molecule has 0 fully saturated rings. The molecule has 0 aromatic heterocycles. The van der Waals surface area contributed by atoms with Gasteiger partial charge in [-0.05, 0) is 37.3 Å². The number of nitrogens with zero attached hydrogens (tertiary/aromatic N) is 1. The Morgan fingerprint density at radius 1 is 1.04 bits per heavy atom. The second kappa shape index (κ2) is 8.36. The van der Waals surface area contributed by atoms with E-state index in [0.717, 1.165) is 22.0 Å². The molecule has 9 heteroatoms. The lowest BCUT2D eigenvalue weighted by molar-refractivity contribution is -0.142. The number of Topliss-reactive ketones (excluding diaryl/α,β-unsaturated/α-hetero) is 1. The number of sulfonamides is 1. The lowest BCUT2D eigenvalue weighted by atomic mass is 10.1. The number of halogens is 2. The van der Waals surface area contributed by atoms with Crippen LogP contribution in [0.25, 0.3) is 0 Å². The first kappa shape index (κ1) is 20.7. The predicted molar refractivity (Wildman–Crippen MR) is 92.6 cm³/mol. The molecule has 6 nitrogen and oxygen atoms in total. The Kier molecular flexibility index (Phi) is 6.40. The van der Waals surface area contributed by atoms with E-state index in [9.17, 15) is 26.8 Å². The molecule has 0 bridgehead atoms. The van der Waals surface area contributed by atoms with Crippen molar-refractivity contribution in [3.8, 4) is 0 Å². The van der Waals surface area contributed by atoms with Crippen molar-refractivity contribution in [2.75, 3.05) is 20.2 Å². The molecule has 144 valence electrons. The zero-order valence-electron chi connectivity index (χ0n) is 14.6. The maximum atomic E-state index is 13.1. The van der Waals surface area contributed by atoms with Crippen molar-refractivity contribution < 1.29 is 31.5 Å². The van der Waals surface area contributed by atoms with Gasteiger partial charge in [-0.2, -0.15) is 4.31 Å². The quantitative estimate of drug-likeness (QED) is 0.529. The molecule has 0 aliphatic heterocycles. The van der Waals surface area contributed by atoms with Crippen LogP contribution in [0.3, 0.4) is 0 Å². The number of hydrogen-bond donors (Lipinski definition) is 0. The van der Waals surface area contributed by atoms with Crippen LogP contribution in [0.4, 0.5) is 8.78 Å². The number of aryl methyl sites for hydroxylation is 1. The molecule has 0 amide bonds. The minimum absolute atomic E-state index is 0.0151. The summed E-state index contributed by atoms with van der Waals surface area (Å²) >= 11 is 0. The number of hydrogen-bond acceptors (Lipinski definition) is 5. The van der Waals surface area contributed by atoms with Gasteiger partial charge in [0.25, 0.3) is 0 Å². The van der Waals surface area contributed by atoms with Crippen molar-refractivity contribution in [2.24, 2.45) is 0 Å². The topological polar surface area (TPSA) is 80.8 Å². The summed E-state index contributed by atoms with van der Waals surface area (Å²) in [6.07, 6.45) is 0. The third-order valence-corrected chi connectivity index (χ3v) is 5.50. The van der Waals surface area contributed by atoms with Crippen molar-refractivity contribution >= 4 is 21.8 Å². The van der Waals surface area contributed by atoms with E-state index < -0.39 is 46.6 Å². The molecule has 2 aromatic rings. The van der Waals surface area contributed by atoms with Gasteiger partial charge in [0.1, 0.15) is 6.54 Å². The van der Waals surface area contributed by atoms with Crippen molar-refractivity contribution in [3.05, 3.63) is 65.2 Å². The van der Waals surface area contributed by atoms with Crippen molar-refractivity contribution in [1.29, 1.82) is 0 Å². The molecule has 0 aliphatic rings. The lowest BCUT2D eigenvalue weighted by Gasteiger charge is -2.16. The van der Waals surface area contributed by atoms with Gasteiger partial charge in [0, 0.05) is 12.6 Å². The second-order valence-electron chi connectivity index (χ2n) is 5.79. The molecule has 27 heavy (non-hydrogen) atoms. The number of benzene rings is 2. The number of esters is 1. The van der Waals surface area contributed by atoms with E-state index in [-0.39, 0.29) is 10.5 Å². The average molecular weight is 397 g/mol. The van der Waals surface area contributed by atoms with Gasteiger partial charge in [0.2, 0.25) is 10.0 Å². The highest BCUT2D eigenvalue weighted by Crippen LogP contribution is 2.15. The van der Waals surface area contributed by atoms with Gasteiger partial charge in [-0.15, -0.1) is 0 Å². The van der Waals surface area contributed by atoms with E-state index in [1.54, 1.807) is 12.1 Å². The van der Waals surface area contributed by atoms with Gasteiger partial charge >= 0.3 is 5.97 Å². The Labute approximate surface area is 155 Å². The van der Waals surface area contributed by atoms with Gasteiger partial charge < -0.3 is 4.74 Å². The average Bonchev–Trinajstić information content (AvgIpc) is 2.62. The van der Waals surface area contributed by atoms with E-state index in [4.69, 9.17) is 4.74 Å². The van der Waals surface area contributed by atoms with Crippen LogP contribution < -0.4 is 0 Å². The number of carbonyl (C=O) groups excluding carboxylic acids is 2. The summed E-state index contributed by atoms with van der Waals surface area (Å²) in [6.45, 7) is 0.477. The molecule has 0 atom stereocenters. The Hall–Kier alpha value is -2.65. The maximum absolute atomic E-state index is 13.1. The fraction of sp³-hybridized carbons (Fsp3) is 0.222. The van der Waals surface area contributed by atoms with E-state index in [2.05, 4.69) is 0 Å². The molecule has 0 aliphatic carbocycles. The highest BCUT2D eigenvalue weighted by atomic mass is 32.2. The fourth-order valence-electron chi connectivity index (χ4n) is 2.10. The molecule has 2 rings (SSSR count). The minimum Gasteiger partial charge on any atom is -0.456 e. The highest BCUT2D eigenvalue weighted by molar-refractivity contribution is 7.89. The summed E-state index contributed by atoms with van der Waals surface area (Å²) in [5.41, 5.74) is 0.717. The zero-order chi connectivity index (χ0) is 20.2. The zero-order valence-corrected chi connectivity index (χ0v) is 15.4. The van der Waals surface area contributed by atoms with Crippen LogP contribution in [0.5, 0.6) is 0 Å². The van der Waals surface area contributed by atoms with Crippen molar-refractivity contribution in [2.45, 2.75) is 11.8 Å². The molecule has 0 heterocycles. The molecule has 0 radical (unpaired) electrons. The normalized spacial score (nSPS) is 11.4.